The molecule has 16 heteroatoms. The van der Waals surface area contributed by atoms with Crippen molar-refractivity contribution < 1.29 is 38.7 Å². The molecule has 0 aliphatic carbocycles. The molecule has 0 unspecified atom stereocenters. The zero-order chi connectivity index (χ0) is 49.8. The third kappa shape index (κ3) is 15.0. The quantitative estimate of drug-likeness (QED) is 0.0543. The molecule has 2 atom stereocenters. The van der Waals surface area contributed by atoms with Gasteiger partial charge in [-0.2, -0.15) is 0 Å². The first-order valence-electron chi connectivity index (χ1n) is 24.4. The Labute approximate surface area is 426 Å². The van der Waals surface area contributed by atoms with Crippen molar-refractivity contribution >= 4 is 36.8 Å². The fourth-order valence-corrected chi connectivity index (χ4v) is 9.26. The Hall–Kier alpha value is -5.02. The van der Waals surface area contributed by atoms with Gasteiger partial charge in [0.05, 0.1) is 38.8 Å². The lowest BCUT2D eigenvalue weighted by atomic mass is 9.78. The van der Waals surface area contributed by atoms with Crippen molar-refractivity contribution in [3.63, 3.8) is 0 Å². The molecule has 4 heterocycles. The number of aromatic nitrogens is 2. The number of carboxylic acids is 2. The molecule has 6 N–H and O–H groups in total. The van der Waals surface area contributed by atoms with Crippen LogP contribution in [0.1, 0.15) is 163 Å². The van der Waals surface area contributed by atoms with E-state index in [0.717, 1.165) is 73.9 Å². The Kier molecular flexibility index (Phi) is 22.9. The highest BCUT2D eigenvalue weighted by Gasteiger charge is 2.36. The van der Waals surface area contributed by atoms with Gasteiger partial charge < -0.3 is 49.8 Å². The largest absolute Gasteiger partial charge is 0.493 e. The zero-order valence-corrected chi connectivity index (χ0v) is 44.2. The minimum atomic E-state index is -1.21. The average Bonchev–Trinajstić information content (AvgIpc) is 3.28. The molecule has 0 bridgehead atoms. The van der Waals surface area contributed by atoms with Crippen molar-refractivity contribution in [1.29, 1.82) is 0 Å². The van der Waals surface area contributed by atoms with Crippen molar-refractivity contribution in [3.8, 4) is 45.5 Å². The molecule has 388 valence electrons. The number of nitrogens with zero attached hydrogens (tertiary/aromatic N) is 2. The molecule has 0 fully saturated rings. The van der Waals surface area contributed by atoms with Gasteiger partial charge in [-0.05, 0) is 97.8 Å². The predicted octanol–water partition coefficient (Wildman–Crippen LogP) is 10.9. The number of hydrogen-bond acceptors (Lipinski definition) is 10. The van der Waals surface area contributed by atoms with Gasteiger partial charge in [0, 0.05) is 47.7 Å². The summed E-state index contributed by atoms with van der Waals surface area (Å²) in [5.41, 5.74) is 14.7. The Morgan fingerprint density at radius 2 is 0.871 bits per heavy atom. The maximum absolute atomic E-state index is 12.5. The van der Waals surface area contributed by atoms with Crippen LogP contribution in [0, 0.1) is 10.8 Å². The molecule has 2 aliphatic heterocycles. The summed E-state index contributed by atoms with van der Waals surface area (Å²) in [4.78, 5) is 48.3. The molecular formula is C54H78Cl2N4O10. The highest BCUT2D eigenvalue weighted by Crippen LogP contribution is 2.47. The van der Waals surface area contributed by atoms with Gasteiger partial charge in [-0.25, -0.2) is 9.59 Å². The van der Waals surface area contributed by atoms with Gasteiger partial charge >= 0.3 is 11.9 Å². The third-order valence-electron chi connectivity index (χ3n) is 13.2. The summed E-state index contributed by atoms with van der Waals surface area (Å²) in [6.07, 6.45) is 17.9. The lowest BCUT2D eigenvalue weighted by molar-refractivity contribution is 0.0683. The molecule has 2 aromatic carbocycles. The van der Waals surface area contributed by atoms with E-state index in [0.29, 0.717) is 60.4 Å². The Morgan fingerprint density at radius 1 is 0.543 bits per heavy atom. The van der Waals surface area contributed by atoms with Crippen LogP contribution in [0.15, 0.2) is 58.4 Å². The Bertz CT molecular complexity index is 2320. The highest BCUT2D eigenvalue weighted by molar-refractivity contribution is 5.88. The standard InChI is InChI=1S/2C27H38N2O5.2ClH/c2*1-27(2,3)25-14-18-13-24(34-12-10-8-6-5-7-9-11-28)23(33-4)15-19(18)21-16-22(30)20(26(31)32)17-29(21)25;;/h2*13,15-17,25H,5-12,14,28H2,1-4H3,(H,31,32);2*1H/t2*25-;;/m10../s1. The number of benzene rings is 2. The maximum atomic E-state index is 12.5. The topological polar surface area (TPSA) is 208 Å². The third-order valence-corrected chi connectivity index (χ3v) is 13.2. The van der Waals surface area contributed by atoms with Crippen LogP contribution in [-0.2, 0) is 12.8 Å². The number of nitrogens with two attached hydrogens (primary N) is 2. The van der Waals surface area contributed by atoms with Gasteiger partial charge in [0.1, 0.15) is 11.1 Å². The Morgan fingerprint density at radius 3 is 1.17 bits per heavy atom. The molecule has 0 radical (unpaired) electrons. The number of rotatable bonds is 22. The number of methoxy groups -OCH3 is 2. The number of ether oxygens (including phenoxy) is 4. The van der Waals surface area contributed by atoms with Crippen molar-refractivity contribution in [1.82, 2.24) is 9.13 Å². The minimum Gasteiger partial charge on any atom is -0.493 e. The number of halogens is 2. The van der Waals surface area contributed by atoms with Gasteiger partial charge in [-0.15, -0.1) is 24.8 Å². The van der Waals surface area contributed by atoms with E-state index >= 15 is 0 Å². The fraction of sp³-hybridized carbons (Fsp3) is 0.556. The van der Waals surface area contributed by atoms with Gasteiger partial charge in [-0.1, -0.05) is 92.9 Å². The number of aromatic carboxylic acids is 2. The molecule has 70 heavy (non-hydrogen) atoms. The van der Waals surface area contributed by atoms with Crippen molar-refractivity contribution in [2.45, 2.75) is 144 Å². The molecule has 14 nitrogen and oxygen atoms in total. The molecule has 0 amide bonds. The summed E-state index contributed by atoms with van der Waals surface area (Å²) in [6, 6.07) is 10.7. The molecular weight excluding hydrogens is 936 g/mol. The van der Waals surface area contributed by atoms with Crippen molar-refractivity contribution in [2.75, 3.05) is 40.5 Å². The number of carbonyl (C=O) groups is 2. The summed E-state index contributed by atoms with van der Waals surface area (Å²) in [5.74, 6) is 0.207. The second-order valence-corrected chi connectivity index (χ2v) is 20.3. The summed E-state index contributed by atoms with van der Waals surface area (Å²) < 4.78 is 27.3. The molecule has 0 spiro atoms. The first-order chi connectivity index (χ1) is 32.3. The smallest absolute Gasteiger partial charge is 0.341 e. The maximum Gasteiger partial charge on any atom is 0.341 e. The summed E-state index contributed by atoms with van der Waals surface area (Å²) in [7, 11) is 3.21. The molecule has 0 saturated carbocycles. The number of unbranched alkanes of at least 4 members (excludes halogenated alkanes) is 10. The fourth-order valence-electron chi connectivity index (χ4n) is 9.26. The van der Waals surface area contributed by atoms with E-state index in [1.807, 2.05) is 33.4 Å². The van der Waals surface area contributed by atoms with E-state index in [9.17, 15) is 29.4 Å². The number of pyridine rings is 2. The van der Waals surface area contributed by atoms with Crippen LogP contribution in [0.5, 0.6) is 23.0 Å². The summed E-state index contributed by atoms with van der Waals surface area (Å²) in [5, 5.41) is 19.0. The minimum absolute atomic E-state index is 0. The average molecular weight is 1010 g/mol. The lowest BCUT2D eigenvalue weighted by Gasteiger charge is -2.39. The lowest BCUT2D eigenvalue weighted by Crippen LogP contribution is -2.32. The molecule has 2 aromatic heterocycles. The van der Waals surface area contributed by atoms with E-state index in [2.05, 4.69) is 41.5 Å². The second-order valence-electron chi connectivity index (χ2n) is 20.3. The van der Waals surface area contributed by atoms with Gasteiger partial charge in [-0.3, -0.25) is 9.59 Å². The molecule has 6 rings (SSSR count). The van der Waals surface area contributed by atoms with E-state index in [-0.39, 0.29) is 58.9 Å². The van der Waals surface area contributed by atoms with E-state index in [4.69, 9.17) is 30.4 Å². The summed E-state index contributed by atoms with van der Waals surface area (Å²) in [6.45, 7) is 15.5. The van der Waals surface area contributed by atoms with Gasteiger partial charge in [0.25, 0.3) is 0 Å². The SMILES string of the molecule is COc1cc2c(cc1OCCCCCCCCN)C[C@@H](C(C)(C)C)n1cc(C(=O)O)c(=O)cc1-2.COc1cc2c(cc1OCCCCCCCCN)C[C@H](C(C)(C)C)n1cc(C(=O)O)c(=O)cc1-2.Cl.Cl. The number of carboxylic acid groups (broad SMARTS) is 2. The van der Waals surface area contributed by atoms with Crippen LogP contribution in [0.2, 0.25) is 0 Å². The zero-order valence-electron chi connectivity index (χ0n) is 42.5. The first kappa shape index (κ1) is 59.3. The number of fused-ring (bicyclic) bond motifs is 6. The van der Waals surface area contributed by atoms with E-state index in [1.165, 1.54) is 63.1 Å². The summed E-state index contributed by atoms with van der Waals surface area (Å²) >= 11 is 0. The first-order valence-corrected chi connectivity index (χ1v) is 24.4. The van der Waals surface area contributed by atoms with E-state index in [1.54, 1.807) is 14.2 Å². The molecule has 0 saturated heterocycles. The molecule has 4 aromatic rings. The van der Waals surface area contributed by atoms with E-state index < -0.39 is 22.8 Å². The second kappa shape index (κ2) is 27.0. The van der Waals surface area contributed by atoms with Crippen LogP contribution in [0.4, 0.5) is 0 Å². The van der Waals surface area contributed by atoms with Crippen LogP contribution in [0.25, 0.3) is 22.5 Å². The van der Waals surface area contributed by atoms with Crippen LogP contribution in [0.3, 0.4) is 0 Å². The number of hydrogen-bond donors (Lipinski definition) is 4. The van der Waals surface area contributed by atoms with Crippen molar-refractivity contribution in [3.05, 3.63) is 91.5 Å². The van der Waals surface area contributed by atoms with Crippen molar-refractivity contribution in [2.24, 2.45) is 22.3 Å². The molecule has 2 aliphatic rings. The van der Waals surface area contributed by atoms with Gasteiger partial charge in [0.2, 0.25) is 0 Å². The highest BCUT2D eigenvalue weighted by atomic mass is 35.5. The normalized spacial score (nSPS) is 14.5. The Balaban J connectivity index is 0.000000360. The van der Waals surface area contributed by atoms with Crippen LogP contribution in [-0.4, -0.2) is 71.8 Å². The monoisotopic (exact) mass is 1010 g/mol. The predicted molar refractivity (Wildman–Crippen MR) is 283 cm³/mol. The van der Waals surface area contributed by atoms with Gasteiger partial charge in [0.15, 0.2) is 33.9 Å². The van der Waals surface area contributed by atoms with Crippen LogP contribution >= 0.6 is 24.8 Å². The van der Waals surface area contributed by atoms with Crippen LogP contribution < -0.4 is 41.3 Å².